The summed E-state index contributed by atoms with van der Waals surface area (Å²) >= 11 is 0. The maximum Gasteiger partial charge on any atom is 0.256 e. The Morgan fingerprint density at radius 3 is 2.82 bits per heavy atom. The van der Waals surface area contributed by atoms with Crippen molar-refractivity contribution in [2.75, 3.05) is 11.1 Å². The molecule has 0 aliphatic heterocycles. The molecule has 0 atom stereocenters. The first-order valence-electron chi connectivity index (χ1n) is 4.92. The number of carbonyl (C=O) groups excluding carboxylic acids is 1. The van der Waals surface area contributed by atoms with Gasteiger partial charge in [-0.1, -0.05) is 0 Å². The van der Waals surface area contributed by atoms with E-state index in [0.717, 1.165) is 6.07 Å². The van der Waals surface area contributed by atoms with E-state index in [1.807, 2.05) is 0 Å². The summed E-state index contributed by atoms with van der Waals surface area (Å²) < 4.78 is 14.5. The molecule has 0 aliphatic rings. The molecule has 2 rings (SSSR count). The molecule has 1 aromatic carbocycles. The van der Waals surface area contributed by atoms with Crippen LogP contribution in [0.4, 0.5) is 15.9 Å². The quantitative estimate of drug-likeness (QED) is 0.771. The first kappa shape index (κ1) is 11.1. The number of nitrogens with one attached hydrogen (secondary N) is 1. The Balaban J connectivity index is 2.20. The number of nitrogens with zero attached hydrogens (tertiary/aromatic N) is 2. The number of amides is 1. The van der Waals surface area contributed by atoms with Gasteiger partial charge >= 0.3 is 0 Å². The minimum absolute atomic E-state index is 0.0531. The zero-order valence-corrected chi connectivity index (χ0v) is 9.14. The Labute approximate surface area is 97.0 Å². The number of anilines is 2. The van der Waals surface area contributed by atoms with E-state index in [1.165, 1.54) is 16.8 Å². The van der Waals surface area contributed by atoms with Gasteiger partial charge in [0.15, 0.2) is 0 Å². The highest BCUT2D eigenvalue weighted by Crippen LogP contribution is 2.14. The van der Waals surface area contributed by atoms with E-state index >= 15 is 0 Å². The van der Waals surface area contributed by atoms with E-state index in [1.54, 1.807) is 19.3 Å². The number of carbonyl (C=O) groups is 1. The molecule has 17 heavy (non-hydrogen) atoms. The van der Waals surface area contributed by atoms with Crippen molar-refractivity contribution in [1.82, 2.24) is 9.78 Å². The molecule has 0 spiro atoms. The average Bonchev–Trinajstić information content (AvgIpc) is 2.68. The Kier molecular flexibility index (Phi) is 2.78. The number of aryl methyl sites for hydroxylation is 1. The Bertz CT molecular complexity index is 564. The smallest absolute Gasteiger partial charge is 0.256 e. The molecule has 1 amide bonds. The van der Waals surface area contributed by atoms with Gasteiger partial charge in [-0.2, -0.15) is 5.10 Å². The molecule has 6 heteroatoms. The van der Waals surface area contributed by atoms with Crippen molar-refractivity contribution in [3.05, 3.63) is 41.8 Å². The van der Waals surface area contributed by atoms with Gasteiger partial charge in [0.2, 0.25) is 0 Å². The highest BCUT2D eigenvalue weighted by Gasteiger charge is 2.09. The number of aromatic nitrogens is 2. The predicted octanol–water partition coefficient (Wildman–Crippen LogP) is 1.39. The molecule has 0 unspecified atom stereocenters. The third kappa shape index (κ3) is 2.25. The molecule has 1 heterocycles. The molecule has 1 aromatic heterocycles. The zero-order valence-electron chi connectivity index (χ0n) is 9.14. The number of benzene rings is 1. The van der Waals surface area contributed by atoms with Crippen molar-refractivity contribution in [1.29, 1.82) is 0 Å². The van der Waals surface area contributed by atoms with Crippen molar-refractivity contribution in [3.8, 4) is 0 Å². The van der Waals surface area contributed by atoms with Crippen LogP contribution in [0.1, 0.15) is 10.4 Å². The normalized spacial score (nSPS) is 10.2. The van der Waals surface area contributed by atoms with Crippen molar-refractivity contribution < 1.29 is 9.18 Å². The van der Waals surface area contributed by atoms with E-state index < -0.39 is 5.82 Å². The zero-order chi connectivity index (χ0) is 12.4. The van der Waals surface area contributed by atoms with Gasteiger partial charge in [-0.3, -0.25) is 9.48 Å². The van der Waals surface area contributed by atoms with Crippen molar-refractivity contribution in [2.24, 2.45) is 7.05 Å². The van der Waals surface area contributed by atoms with Gasteiger partial charge in [0.05, 0.1) is 11.9 Å². The highest BCUT2D eigenvalue weighted by atomic mass is 19.1. The summed E-state index contributed by atoms with van der Waals surface area (Å²) in [7, 11) is 1.70. The lowest BCUT2D eigenvalue weighted by Gasteiger charge is -2.06. The van der Waals surface area contributed by atoms with Crippen LogP contribution in [0.2, 0.25) is 0 Å². The summed E-state index contributed by atoms with van der Waals surface area (Å²) in [5, 5.41) is 6.55. The summed E-state index contributed by atoms with van der Waals surface area (Å²) in [6.45, 7) is 0. The van der Waals surface area contributed by atoms with Crippen LogP contribution >= 0.6 is 0 Å². The maximum absolute atomic E-state index is 12.9. The molecule has 2 aromatic rings. The number of hydrogen-bond donors (Lipinski definition) is 2. The van der Waals surface area contributed by atoms with Crippen LogP contribution in [0.5, 0.6) is 0 Å². The van der Waals surface area contributed by atoms with E-state index in [0.29, 0.717) is 11.4 Å². The Hall–Kier alpha value is -2.37. The molecule has 0 saturated carbocycles. The van der Waals surface area contributed by atoms with Crippen LogP contribution in [0, 0.1) is 5.82 Å². The van der Waals surface area contributed by atoms with Crippen molar-refractivity contribution in [2.45, 2.75) is 0 Å². The predicted molar refractivity (Wildman–Crippen MR) is 62.0 cm³/mol. The second kappa shape index (κ2) is 4.25. The second-order valence-electron chi connectivity index (χ2n) is 3.53. The van der Waals surface area contributed by atoms with E-state index in [2.05, 4.69) is 10.4 Å². The first-order chi connectivity index (χ1) is 8.08. The number of halogens is 1. The van der Waals surface area contributed by atoms with Gasteiger partial charge in [0.1, 0.15) is 11.6 Å². The molecular weight excluding hydrogens is 223 g/mol. The molecule has 0 aliphatic carbocycles. The van der Waals surface area contributed by atoms with Crippen LogP contribution in [0.25, 0.3) is 0 Å². The van der Waals surface area contributed by atoms with E-state index in [4.69, 9.17) is 5.73 Å². The largest absolute Gasteiger partial charge is 0.396 e. The third-order valence-electron chi connectivity index (χ3n) is 2.32. The number of rotatable bonds is 2. The molecule has 3 N–H and O–H groups in total. The molecule has 0 fully saturated rings. The topological polar surface area (TPSA) is 72.9 Å². The van der Waals surface area contributed by atoms with Crippen LogP contribution in [0.15, 0.2) is 30.5 Å². The Morgan fingerprint density at radius 1 is 1.47 bits per heavy atom. The summed E-state index contributed by atoms with van der Waals surface area (Å²) in [5.41, 5.74) is 5.63. The van der Waals surface area contributed by atoms with Crippen molar-refractivity contribution in [3.63, 3.8) is 0 Å². The minimum Gasteiger partial charge on any atom is -0.396 e. The average molecular weight is 234 g/mol. The fourth-order valence-corrected chi connectivity index (χ4v) is 1.37. The molecular formula is C11H11FN4O. The molecule has 0 radical (unpaired) electrons. The second-order valence-corrected chi connectivity index (χ2v) is 3.53. The summed E-state index contributed by atoms with van der Waals surface area (Å²) in [4.78, 5) is 11.8. The lowest BCUT2D eigenvalue weighted by molar-refractivity contribution is 0.102. The summed E-state index contributed by atoms with van der Waals surface area (Å²) in [6, 6.07) is 5.48. The lowest BCUT2D eigenvalue weighted by Crippen LogP contribution is -2.15. The van der Waals surface area contributed by atoms with E-state index in [9.17, 15) is 9.18 Å². The van der Waals surface area contributed by atoms with Gasteiger partial charge in [-0.05, 0) is 18.2 Å². The fourth-order valence-electron chi connectivity index (χ4n) is 1.37. The fraction of sp³-hybridized carbons (Fsp3) is 0.0909. The monoisotopic (exact) mass is 234 g/mol. The first-order valence-corrected chi connectivity index (χ1v) is 4.92. The maximum atomic E-state index is 12.9. The van der Waals surface area contributed by atoms with Gasteiger partial charge in [0, 0.05) is 18.7 Å². The van der Waals surface area contributed by atoms with Crippen LogP contribution in [-0.2, 0) is 7.05 Å². The van der Waals surface area contributed by atoms with Gasteiger partial charge in [-0.15, -0.1) is 0 Å². The molecule has 88 valence electrons. The van der Waals surface area contributed by atoms with Crippen LogP contribution < -0.4 is 11.1 Å². The highest BCUT2D eigenvalue weighted by molar-refractivity contribution is 6.04. The van der Waals surface area contributed by atoms with E-state index in [-0.39, 0.29) is 11.6 Å². The Morgan fingerprint density at radius 2 is 2.24 bits per heavy atom. The minimum atomic E-state index is -0.540. The number of nitrogen functional groups attached to an aromatic ring is 1. The summed E-state index contributed by atoms with van der Waals surface area (Å²) in [6.07, 6.45) is 1.56. The lowest BCUT2D eigenvalue weighted by atomic mass is 10.2. The standard InChI is InChI=1S/C11H11FN4O/c1-16-10(4-5-14-16)15-11(17)7-2-3-8(12)9(13)6-7/h2-6H,13H2,1H3,(H,15,17). The summed E-state index contributed by atoms with van der Waals surface area (Å²) in [5.74, 6) is -0.347. The molecule has 0 saturated heterocycles. The van der Waals surface area contributed by atoms with Gasteiger partial charge in [0.25, 0.3) is 5.91 Å². The van der Waals surface area contributed by atoms with Crippen LogP contribution in [0.3, 0.4) is 0 Å². The molecule has 0 bridgehead atoms. The number of nitrogens with two attached hydrogens (primary N) is 1. The van der Waals surface area contributed by atoms with Crippen LogP contribution in [-0.4, -0.2) is 15.7 Å². The van der Waals surface area contributed by atoms with Gasteiger partial charge < -0.3 is 11.1 Å². The van der Waals surface area contributed by atoms with Gasteiger partial charge in [-0.25, -0.2) is 4.39 Å². The molecule has 5 nitrogen and oxygen atoms in total. The number of hydrogen-bond acceptors (Lipinski definition) is 3. The van der Waals surface area contributed by atoms with Crippen molar-refractivity contribution >= 4 is 17.4 Å². The third-order valence-corrected chi connectivity index (χ3v) is 2.32. The SMILES string of the molecule is Cn1nccc1NC(=O)c1ccc(F)c(N)c1.